The SMILES string of the molecule is CCCNc1cc(NC(C)(C)C2CC2)nc(CC)n1. The van der Waals surface area contributed by atoms with Gasteiger partial charge in [0.2, 0.25) is 0 Å². The van der Waals surface area contributed by atoms with Crippen LogP contribution in [0, 0.1) is 5.92 Å². The molecule has 19 heavy (non-hydrogen) atoms. The topological polar surface area (TPSA) is 49.8 Å². The first-order valence-corrected chi connectivity index (χ1v) is 7.45. The highest BCUT2D eigenvalue weighted by molar-refractivity contribution is 5.49. The number of aromatic nitrogens is 2. The van der Waals surface area contributed by atoms with Gasteiger partial charge in [0, 0.05) is 24.6 Å². The van der Waals surface area contributed by atoms with E-state index in [1.807, 2.05) is 6.07 Å². The zero-order chi connectivity index (χ0) is 13.9. The van der Waals surface area contributed by atoms with Gasteiger partial charge < -0.3 is 10.6 Å². The summed E-state index contributed by atoms with van der Waals surface area (Å²) < 4.78 is 0. The summed E-state index contributed by atoms with van der Waals surface area (Å²) in [4.78, 5) is 9.11. The lowest BCUT2D eigenvalue weighted by Gasteiger charge is -2.27. The minimum atomic E-state index is 0.126. The van der Waals surface area contributed by atoms with Crippen molar-refractivity contribution >= 4 is 11.6 Å². The molecule has 0 radical (unpaired) electrons. The van der Waals surface area contributed by atoms with Crippen molar-refractivity contribution in [2.24, 2.45) is 5.92 Å². The van der Waals surface area contributed by atoms with E-state index in [0.717, 1.165) is 42.8 Å². The van der Waals surface area contributed by atoms with Gasteiger partial charge in [-0.25, -0.2) is 9.97 Å². The summed E-state index contributed by atoms with van der Waals surface area (Å²) >= 11 is 0. The first kappa shape index (κ1) is 14.1. The molecule has 1 aliphatic rings. The molecule has 0 spiro atoms. The Kier molecular flexibility index (Phi) is 4.27. The monoisotopic (exact) mass is 262 g/mol. The number of hydrogen-bond donors (Lipinski definition) is 2. The summed E-state index contributed by atoms with van der Waals surface area (Å²) in [6, 6.07) is 2.03. The van der Waals surface area contributed by atoms with Crippen molar-refractivity contribution in [3.8, 4) is 0 Å². The molecule has 0 atom stereocenters. The number of anilines is 2. The van der Waals surface area contributed by atoms with E-state index < -0.39 is 0 Å². The Morgan fingerprint density at radius 1 is 1.21 bits per heavy atom. The second-order valence-electron chi connectivity index (χ2n) is 5.96. The molecule has 0 amide bonds. The van der Waals surface area contributed by atoms with Gasteiger partial charge in [-0.05, 0) is 39.0 Å². The third-order valence-electron chi connectivity index (χ3n) is 3.69. The number of aryl methyl sites for hydroxylation is 1. The van der Waals surface area contributed by atoms with Gasteiger partial charge in [-0.15, -0.1) is 0 Å². The molecule has 1 heterocycles. The number of nitrogens with zero attached hydrogens (tertiary/aromatic N) is 2. The summed E-state index contributed by atoms with van der Waals surface area (Å²) in [5.41, 5.74) is 0.126. The van der Waals surface area contributed by atoms with Crippen molar-refractivity contribution in [3.05, 3.63) is 11.9 Å². The van der Waals surface area contributed by atoms with Crippen LogP contribution in [-0.2, 0) is 6.42 Å². The van der Waals surface area contributed by atoms with Crippen LogP contribution in [-0.4, -0.2) is 22.1 Å². The fraction of sp³-hybridized carbons (Fsp3) is 0.733. The minimum Gasteiger partial charge on any atom is -0.370 e. The normalized spacial score (nSPS) is 15.4. The second-order valence-corrected chi connectivity index (χ2v) is 5.96. The molecule has 0 unspecified atom stereocenters. The molecule has 0 bridgehead atoms. The van der Waals surface area contributed by atoms with Crippen LogP contribution in [0.2, 0.25) is 0 Å². The zero-order valence-electron chi connectivity index (χ0n) is 12.6. The highest BCUT2D eigenvalue weighted by Crippen LogP contribution is 2.40. The quantitative estimate of drug-likeness (QED) is 0.790. The van der Waals surface area contributed by atoms with Gasteiger partial charge in [-0.3, -0.25) is 0 Å². The Labute approximate surface area is 116 Å². The fourth-order valence-corrected chi connectivity index (χ4v) is 2.30. The minimum absolute atomic E-state index is 0.126. The molecule has 2 rings (SSSR count). The molecule has 1 aromatic heterocycles. The zero-order valence-corrected chi connectivity index (χ0v) is 12.6. The average molecular weight is 262 g/mol. The molecule has 1 saturated carbocycles. The molecule has 1 aromatic rings. The van der Waals surface area contributed by atoms with E-state index in [-0.39, 0.29) is 5.54 Å². The van der Waals surface area contributed by atoms with E-state index in [1.165, 1.54) is 12.8 Å². The maximum atomic E-state index is 4.59. The fourth-order valence-electron chi connectivity index (χ4n) is 2.30. The van der Waals surface area contributed by atoms with E-state index in [2.05, 4.69) is 48.3 Å². The number of nitrogens with one attached hydrogen (secondary N) is 2. The van der Waals surface area contributed by atoms with E-state index in [4.69, 9.17) is 0 Å². The summed E-state index contributed by atoms with van der Waals surface area (Å²) in [6.45, 7) is 9.72. The molecular formula is C15H26N4. The maximum absolute atomic E-state index is 4.59. The Morgan fingerprint density at radius 2 is 1.89 bits per heavy atom. The lowest BCUT2D eigenvalue weighted by molar-refractivity contribution is 0.492. The predicted molar refractivity (Wildman–Crippen MR) is 80.6 cm³/mol. The predicted octanol–water partition coefficient (Wildman–Crippen LogP) is 3.46. The third-order valence-corrected chi connectivity index (χ3v) is 3.69. The van der Waals surface area contributed by atoms with Gasteiger partial charge in [0.1, 0.15) is 17.5 Å². The molecule has 4 heteroatoms. The van der Waals surface area contributed by atoms with Crippen LogP contribution in [0.4, 0.5) is 11.6 Å². The Bertz CT molecular complexity index is 424. The molecule has 2 N–H and O–H groups in total. The van der Waals surface area contributed by atoms with Crippen LogP contribution < -0.4 is 10.6 Å². The highest BCUT2D eigenvalue weighted by Gasteiger charge is 2.37. The van der Waals surface area contributed by atoms with Crippen molar-refractivity contribution in [3.63, 3.8) is 0 Å². The smallest absolute Gasteiger partial charge is 0.132 e. The van der Waals surface area contributed by atoms with E-state index in [0.29, 0.717) is 0 Å². The van der Waals surface area contributed by atoms with Crippen molar-refractivity contribution in [2.75, 3.05) is 17.2 Å². The van der Waals surface area contributed by atoms with E-state index in [1.54, 1.807) is 0 Å². The van der Waals surface area contributed by atoms with E-state index in [9.17, 15) is 0 Å². The third kappa shape index (κ3) is 3.82. The van der Waals surface area contributed by atoms with Crippen molar-refractivity contribution < 1.29 is 0 Å². The molecule has 0 aliphatic heterocycles. The second kappa shape index (κ2) is 5.76. The van der Waals surface area contributed by atoms with Crippen LogP contribution in [0.3, 0.4) is 0 Å². The highest BCUT2D eigenvalue weighted by atomic mass is 15.1. The molecule has 0 aromatic carbocycles. The first-order chi connectivity index (χ1) is 9.05. The van der Waals surface area contributed by atoms with Gasteiger partial charge >= 0.3 is 0 Å². The average Bonchev–Trinajstić information content (AvgIpc) is 3.20. The van der Waals surface area contributed by atoms with Gasteiger partial charge in [0.15, 0.2) is 0 Å². The first-order valence-electron chi connectivity index (χ1n) is 7.45. The van der Waals surface area contributed by atoms with Gasteiger partial charge in [-0.1, -0.05) is 13.8 Å². The lowest BCUT2D eigenvalue weighted by atomic mass is 9.99. The van der Waals surface area contributed by atoms with Crippen molar-refractivity contribution in [2.45, 2.75) is 58.9 Å². The summed E-state index contributed by atoms with van der Waals surface area (Å²) in [7, 11) is 0. The van der Waals surface area contributed by atoms with E-state index >= 15 is 0 Å². The summed E-state index contributed by atoms with van der Waals surface area (Å²) in [6.07, 6.45) is 4.61. The number of rotatable bonds is 7. The molecule has 4 nitrogen and oxygen atoms in total. The molecule has 1 fully saturated rings. The standard InChI is InChI=1S/C15H26N4/c1-5-9-16-13-10-14(18-12(6-2)17-13)19-15(3,4)11-7-8-11/h10-11H,5-9H2,1-4H3,(H2,16,17,18,19). The lowest BCUT2D eigenvalue weighted by Crippen LogP contribution is -2.33. The molecule has 0 saturated heterocycles. The Hall–Kier alpha value is -1.32. The van der Waals surface area contributed by atoms with Gasteiger partial charge in [-0.2, -0.15) is 0 Å². The molecular weight excluding hydrogens is 236 g/mol. The van der Waals surface area contributed by atoms with Crippen LogP contribution in [0.25, 0.3) is 0 Å². The largest absolute Gasteiger partial charge is 0.370 e. The Balaban J connectivity index is 2.13. The molecule has 1 aliphatic carbocycles. The number of hydrogen-bond acceptors (Lipinski definition) is 4. The van der Waals surface area contributed by atoms with Gasteiger partial charge in [0.05, 0.1) is 0 Å². The van der Waals surface area contributed by atoms with Crippen LogP contribution >= 0.6 is 0 Å². The van der Waals surface area contributed by atoms with Crippen LogP contribution in [0.1, 0.15) is 52.8 Å². The summed E-state index contributed by atoms with van der Waals surface area (Å²) in [5, 5.41) is 6.93. The van der Waals surface area contributed by atoms with Gasteiger partial charge in [0.25, 0.3) is 0 Å². The van der Waals surface area contributed by atoms with Crippen molar-refractivity contribution in [1.29, 1.82) is 0 Å². The summed E-state index contributed by atoms with van der Waals surface area (Å²) in [5.74, 6) is 3.56. The van der Waals surface area contributed by atoms with Crippen molar-refractivity contribution in [1.82, 2.24) is 9.97 Å². The Morgan fingerprint density at radius 3 is 2.47 bits per heavy atom. The van der Waals surface area contributed by atoms with Crippen LogP contribution in [0.5, 0.6) is 0 Å². The molecule has 106 valence electrons. The van der Waals surface area contributed by atoms with Crippen LogP contribution in [0.15, 0.2) is 6.07 Å². The maximum Gasteiger partial charge on any atom is 0.132 e.